The molecule has 0 fully saturated rings. The first-order chi connectivity index (χ1) is 13.3. The Morgan fingerprint density at radius 1 is 1.07 bits per heavy atom. The van der Waals surface area contributed by atoms with E-state index in [1.165, 1.54) is 24.3 Å². The lowest BCUT2D eigenvalue weighted by Gasteiger charge is -2.12. The van der Waals surface area contributed by atoms with E-state index >= 15 is 0 Å². The second-order valence-electron chi connectivity index (χ2n) is 6.24. The number of alkyl halides is 3. The SMILES string of the molecule is CCc1cc(-c2n[nH]c(C(F)(F)F)c2-c2ccc3c(c2)OCO3)c(O)cc1O. The van der Waals surface area contributed by atoms with Crippen LogP contribution >= 0.6 is 0 Å². The van der Waals surface area contributed by atoms with Crippen LogP contribution in [0.25, 0.3) is 22.4 Å². The summed E-state index contributed by atoms with van der Waals surface area (Å²) in [5.74, 6) is 0.238. The maximum atomic E-state index is 13.6. The van der Waals surface area contributed by atoms with E-state index in [0.29, 0.717) is 23.5 Å². The van der Waals surface area contributed by atoms with Crippen LogP contribution in [0.15, 0.2) is 30.3 Å². The second kappa shape index (κ2) is 6.36. The smallest absolute Gasteiger partial charge is 0.433 e. The van der Waals surface area contributed by atoms with E-state index in [9.17, 15) is 23.4 Å². The molecule has 1 aromatic heterocycles. The van der Waals surface area contributed by atoms with Gasteiger partial charge in [-0.05, 0) is 35.7 Å². The molecule has 4 rings (SSSR count). The van der Waals surface area contributed by atoms with Crippen LogP contribution in [0.3, 0.4) is 0 Å². The van der Waals surface area contributed by atoms with Crippen LogP contribution in [-0.2, 0) is 12.6 Å². The van der Waals surface area contributed by atoms with Crippen molar-refractivity contribution in [3.05, 3.63) is 41.6 Å². The van der Waals surface area contributed by atoms with E-state index < -0.39 is 11.9 Å². The molecule has 0 aliphatic carbocycles. The van der Waals surface area contributed by atoms with Crippen LogP contribution in [0.5, 0.6) is 23.0 Å². The van der Waals surface area contributed by atoms with Crippen molar-refractivity contribution in [2.75, 3.05) is 6.79 Å². The molecule has 1 aliphatic heterocycles. The van der Waals surface area contributed by atoms with Crippen molar-refractivity contribution in [2.45, 2.75) is 19.5 Å². The minimum absolute atomic E-state index is 0.0121. The summed E-state index contributed by atoms with van der Waals surface area (Å²) in [5, 5.41) is 26.0. The number of aryl methyl sites for hydroxylation is 1. The van der Waals surface area contributed by atoms with Crippen LogP contribution in [0.1, 0.15) is 18.2 Å². The highest BCUT2D eigenvalue weighted by Gasteiger charge is 2.38. The van der Waals surface area contributed by atoms with Gasteiger partial charge in [0.2, 0.25) is 6.79 Å². The van der Waals surface area contributed by atoms with Crippen LogP contribution in [-0.4, -0.2) is 27.2 Å². The van der Waals surface area contributed by atoms with E-state index in [4.69, 9.17) is 9.47 Å². The fourth-order valence-corrected chi connectivity index (χ4v) is 3.17. The number of benzene rings is 2. The van der Waals surface area contributed by atoms with Crippen LogP contribution in [0, 0.1) is 0 Å². The van der Waals surface area contributed by atoms with Gasteiger partial charge in [-0.1, -0.05) is 13.0 Å². The minimum atomic E-state index is -4.70. The number of rotatable bonds is 3. The Morgan fingerprint density at radius 2 is 1.82 bits per heavy atom. The molecule has 1 aliphatic rings. The van der Waals surface area contributed by atoms with Crippen molar-refractivity contribution in [1.29, 1.82) is 0 Å². The van der Waals surface area contributed by atoms with Gasteiger partial charge in [-0.2, -0.15) is 18.3 Å². The summed E-state index contributed by atoms with van der Waals surface area (Å²) < 4.78 is 51.3. The number of aromatic hydroxyl groups is 2. The van der Waals surface area contributed by atoms with Crippen molar-refractivity contribution in [3.63, 3.8) is 0 Å². The number of H-pyrrole nitrogens is 1. The Hall–Kier alpha value is -3.36. The molecule has 0 amide bonds. The lowest BCUT2D eigenvalue weighted by molar-refractivity contribution is -0.140. The molecule has 0 unspecified atom stereocenters. The number of ether oxygens (including phenoxy) is 2. The van der Waals surface area contributed by atoms with E-state index in [1.54, 1.807) is 6.92 Å². The van der Waals surface area contributed by atoms with Gasteiger partial charge in [0.15, 0.2) is 11.5 Å². The summed E-state index contributed by atoms with van der Waals surface area (Å²) in [6.07, 6.45) is -4.27. The fourth-order valence-electron chi connectivity index (χ4n) is 3.17. The van der Waals surface area contributed by atoms with Crippen molar-refractivity contribution in [2.24, 2.45) is 0 Å². The number of nitrogens with one attached hydrogen (secondary N) is 1. The minimum Gasteiger partial charge on any atom is -0.508 e. The zero-order valence-electron chi connectivity index (χ0n) is 14.6. The standard InChI is InChI=1S/C19H15F3N2O4/c1-2-9-5-11(13(26)7-12(9)25)17-16(18(24-23-17)19(20,21)22)10-3-4-14-15(6-10)28-8-27-14/h3-7,25-26H,2,8H2,1H3,(H,23,24). The number of hydrogen-bond donors (Lipinski definition) is 3. The molecule has 0 spiro atoms. The predicted octanol–water partition coefficient (Wildman–Crippen LogP) is 4.46. The third-order valence-corrected chi connectivity index (χ3v) is 4.54. The number of phenols is 2. The molecule has 0 radical (unpaired) electrons. The first-order valence-corrected chi connectivity index (χ1v) is 8.40. The van der Waals surface area contributed by atoms with Gasteiger partial charge in [0, 0.05) is 17.2 Å². The summed E-state index contributed by atoms with van der Waals surface area (Å²) in [4.78, 5) is 0. The van der Waals surface area contributed by atoms with E-state index in [2.05, 4.69) is 5.10 Å². The number of nitrogens with zero attached hydrogens (tertiary/aromatic N) is 1. The average molecular weight is 392 g/mol. The molecule has 3 N–H and O–H groups in total. The summed E-state index contributed by atoms with van der Waals surface area (Å²) in [5.41, 5.74) is -0.611. The third-order valence-electron chi connectivity index (χ3n) is 4.54. The molecule has 2 heterocycles. The molecule has 0 bridgehead atoms. The fraction of sp³-hybridized carbons (Fsp3) is 0.211. The van der Waals surface area contributed by atoms with Crippen LogP contribution in [0.2, 0.25) is 0 Å². The summed E-state index contributed by atoms with van der Waals surface area (Å²) >= 11 is 0. The van der Waals surface area contributed by atoms with Gasteiger partial charge in [-0.3, -0.25) is 5.10 Å². The molecule has 28 heavy (non-hydrogen) atoms. The number of aromatic nitrogens is 2. The highest BCUT2D eigenvalue weighted by Crippen LogP contribution is 2.46. The Morgan fingerprint density at radius 3 is 2.54 bits per heavy atom. The van der Waals surface area contributed by atoms with Gasteiger partial charge < -0.3 is 19.7 Å². The lowest BCUT2D eigenvalue weighted by Crippen LogP contribution is -2.07. The summed E-state index contributed by atoms with van der Waals surface area (Å²) in [6.45, 7) is 1.77. The number of halogens is 3. The summed E-state index contributed by atoms with van der Waals surface area (Å²) in [7, 11) is 0. The molecule has 3 aromatic rings. The third kappa shape index (κ3) is 2.88. The van der Waals surface area contributed by atoms with Gasteiger partial charge in [0.25, 0.3) is 0 Å². The Balaban J connectivity index is 1.97. The number of phenolic OH excluding ortho intramolecular Hbond substituents is 2. The van der Waals surface area contributed by atoms with E-state index in [-0.39, 0.29) is 40.7 Å². The van der Waals surface area contributed by atoms with Gasteiger partial charge in [-0.15, -0.1) is 0 Å². The lowest BCUT2D eigenvalue weighted by atomic mass is 9.96. The van der Waals surface area contributed by atoms with Crippen molar-refractivity contribution in [1.82, 2.24) is 10.2 Å². The van der Waals surface area contributed by atoms with Crippen LogP contribution in [0.4, 0.5) is 13.2 Å². The van der Waals surface area contributed by atoms with Crippen molar-refractivity contribution < 1.29 is 32.9 Å². The Kier molecular flexibility index (Phi) is 4.10. The molecule has 0 atom stereocenters. The molecule has 2 aromatic carbocycles. The topological polar surface area (TPSA) is 87.6 Å². The zero-order chi connectivity index (χ0) is 20.1. The molecular formula is C19H15F3N2O4. The largest absolute Gasteiger partial charge is 0.508 e. The molecule has 146 valence electrons. The maximum Gasteiger partial charge on any atom is 0.433 e. The Bertz CT molecular complexity index is 1060. The van der Waals surface area contributed by atoms with Crippen molar-refractivity contribution in [3.8, 4) is 45.4 Å². The Labute approximate surface area is 157 Å². The monoisotopic (exact) mass is 392 g/mol. The number of hydrogen-bond acceptors (Lipinski definition) is 5. The van der Waals surface area contributed by atoms with Gasteiger partial charge in [0.1, 0.15) is 22.9 Å². The second-order valence-corrected chi connectivity index (χ2v) is 6.24. The molecule has 0 saturated carbocycles. The van der Waals surface area contributed by atoms with Gasteiger partial charge >= 0.3 is 6.18 Å². The molecule has 9 heteroatoms. The highest BCUT2D eigenvalue weighted by atomic mass is 19.4. The number of fused-ring (bicyclic) bond motifs is 1. The van der Waals surface area contributed by atoms with Gasteiger partial charge in [0.05, 0.1) is 0 Å². The first kappa shape index (κ1) is 18.0. The zero-order valence-corrected chi connectivity index (χ0v) is 14.6. The number of aromatic amines is 1. The van der Waals surface area contributed by atoms with Gasteiger partial charge in [-0.25, -0.2) is 0 Å². The summed E-state index contributed by atoms with van der Waals surface area (Å²) in [6, 6.07) is 6.94. The molecule has 6 nitrogen and oxygen atoms in total. The normalized spacial score (nSPS) is 13.1. The highest BCUT2D eigenvalue weighted by molar-refractivity contribution is 5.86. The quantitative estimate of drug-likeness (QED) is 0.612. The van der Waals surface area contributed by atoms with Crippen LogP contribution < -0.4 is 9.47 Å². The molecule has 0 saturated heterocycles. The predicted molar refractivity (Wildman–Crippen MR) is 93.3 cm³/mol. The first-order valence-electron chi connectivity index (χ1n) is 8.40. The van der Waals surface area contributed by atoms with E-state index in [1.807, 2.05) is 5.10 Å². The average Bonchev–Trinajstić information content (AvgIpc) is 3.27. The molecular weight excluding hydrogens is 377 g/mol. The van der Waals surface area contributed by atoms with E-state index in [0.717, 1.165) is 6.07 Å². The van der Waals surface area contributed by atoms with Crippen molar-refractivity contribution >= 4 is 0 Å². The maximum absolute atomic E-state index is 13.6.